The number of hydrogen-bond acceptors (Lipinski definition) is 4. The van der Waals surface area contributed by atoms with Gasteiger partial charge in [0.1, 0.15) is 28.4 Å². The molecule has 6 heteroatoms. The van der Waals surface area contributed by atoms with Crippen LogP contribution in [0.2, 0.25) is 0 Å². The van der Waals surface area contributed by atoms with Gasteiger partial charge in [-0.25, -0.2) is 4.98 Å². The third kappa shape index (κ3) is 3.60. The van der Waals surface area contributed by atoms with E-state index >= 15 is 0 Å². The second kappa shape index (κ2) is 7.07. The predicted octanol–water partition coefficient (Wildman–Crippen LogP) is 4.15. The monoisotopic (exact) mass is 360 g/mol. The fourth-order valence-corrected chi connectivity index (χ4v) is 3.00. The summed E-state index contributed by atoms with van der Waals surface area (Å²) in [6, 6.07) is 17.4. The number of aromatic amines is 2. The first-order chi connectivity index (χ1) is 13.1. The minimum Gasteiger partial charge on any atom is -0.457 e. The molecule has 0 saturated carbocycles. The summed E-state index contributed by atoms with van der Waals surface area (Å²) in [7, 11) is 0. The highest BCUT2D eigenvalue weighted by atomic mass is 16.5. The topological polar surface area (TPSA) is 83.7 Å². The van der Waals surface area contributed by atoms with Gasteiger partial charge in [0, 0.05) is 6.42 Å². The Labute approximate surface area is 156 Å². The van der Waals surface area contributed by atoms with E-state index in [0.29, 0.717) is 23.3 Å². The van der Waals surface area contributed by atoms with E-state index in [1.165, 1.54) is 0 Å². The molecule has 6 nitrogen and oxygen atoms in total. The smallest absolute Gasteiger partial charge is 0.276 e. The molecular weight excluding hydrogens is 340 g/mol. The van der Waals surface area contributed by atoms with Gasteiger partial charge >= 0.3 is 0 Å². The summed E-state index contributed by atoms with van der Waals surface area (Å²) in [5, 5.41) is 7.03. The second-order valence-electron chi connectivity index (χ2n) is 6.74. The van der Waals surface area contributed by atoms with Crippen LogP contribution < -0.4 is 10.3 Å². The first-order valence-corrected chi connectivity index (χ1v) is 8.89. The van der Waals surface area contributed by atoms with E-state index < -0.39 is 0 Å². The highest BCUT2D eigenvalue weighted by Gasteiger charge is 2.15. The minimum absolute atomic E-state index is 0.184. The van der Waals surface area contributed by atoms with E-state index in [0.717, 1.165) is 22.8 Å². The van der Waals surface area contributed by atoms with Crippen molar-refractivity contribution in [1.29, 1.82) is 0 Å². The Hall–Kier alpha value is -3.41. The van der Waals surface area contributed by atoms with Crippen LogP contribution in [-0.4, -0.2) is 20.2 Å². The largest absolute Gasteiger partial charge is 0.457 e. The lowest BCUT2D eigenvalue weighted by Crippen LogP contribution is -2.12. The molecule has 136 valence electrons. The van der Waals surface area contributed by atoms with Crippen molar-refractivity contribution in [3.8, 4) is 11.5 Å². The maximum absolute atomic E-state index is 12.3. The third-order valence-electron chi connectivity index (χ3n) is 4.30. The molecule has 2 aromatic carbocycles. The number of benzene rings is 2. The first-order valence-electron chi connectivity index (χ1n) is 8.89. The Morgan fingerprint density at radius 2 is 1.81 bits per heavy atom. The van der Waals surface area contributed by atoms with Gasteiger partial charge in [-0.2, -0.15) is 5.10 Å². The minimum atomic E-state index is -0.203. The average molecular weight is 360 g/mol. The molecule has 2 N–H and O–H groups in total. The van der Waals surface area contributed by atoms with Crippen LogP contribution in [0.25, 0.3) is 11.0 Å². The molecule has 0 radical (unpaired) electrons. The van der Waals surface area contributed by atoms with Gasteiger partial charge in [0.15, 0.2) is 0 Å². The molecule has 0 bridgehead atoms. The molecule has 27 heavy (non-hydrogen) atoms. The number of ether oxygens (including phenoxy) is 1. The van der Waals surface area contributed by atoms with Crippen molar-refractivity contribution in [2.75, 3.05) is 0 Å². The third-order valence-corrected chi connectivity index (χ3v) is 4.30. The summed E-state index contributed by atoms with van der Waals surface area (Å²) < 4.78 is 5.88. The molecule has 4 aromatic rings. The van der Waals surface area contributed by atoms with Gasteiger partial charge in [-0.05, 0) is 35.7 Å². The summed E-state index contributed by atoms with van der Waals surface area (Å²) >= 11 is 0. The van der Waals surface area contributed by atoms with Crippen LogP contribution in [0, 0.1) is 0 Å². The van der Waals surface area contributed by atoms with E-state index in [-0.39, 0.29) is 11.5 Å². The van der Waals surface area contributed by atoms with Crippen LogP contribution >= 0.6 is 0 Å². The van der Waals surface area contributed by atoms with E-state index in [1.807, 2.05) is 68.4 Å². The van der Waals surface area contributed by atoms with Gasteiger partial charge in [0.05, 0.1) is 5.69 Å². The summed E-state index contributed by atoms with van der Waals surface area (Å²) in [5.74, 6) is 2.31. The van der Waals surface area contributed by atoms with E-state index in [2.05, 4.69) is 20.2 Å². The van der Waals surface area contributed by atoms with E-state index in [4.69, 9.17) is 4.74 Å². The van der Waals surface area contributed by atoms with Crippen molar-refractivity contribution in [2.24, 2.45) is 0 Å². The zero-order valence-corrected chi connectivity index (χ0v) is 15.2. The van der Waals surface area contributed by atoms with Crippen molar-refractivity contribution in [2.45, 2.75) is 26.2 Å². The molecule has 0 amide bonds. The predicted molar refractivity (Wildman–Crippen MR) is 104 cm³/mol. The van der Waals surface area contributed by atoms with Crippen LogP contribution in [-0.2, 0) is 6.42 Å². The number of para-hydroxylation sites is 1. The molecular formula is C21H20N4O2. The lowest BCUT2D eigenvalue weighted by molar-refractivity contribution is 0.482. The van der Waals surface area contributed by atoms with Crippen molar-refractivity contribution in [3.05, 3.63) is 82.0 Å². The fraction of sp³-hybridized carbons (Fsp3) is 0.190. The van der Waals surface area contributed by atoms with Crippen molar-refractivity contribution in [1.82, 2.24) is 20.2 Å². The van der Waals surface area contributed by atoms with Gasteiger partial charge in [0.2, 0.25) is 0 Å². The zero-order valence-electron chi connectivity index (χ0n) is 15.2. The van der Waals surface area contributed by atoms with Crippen molar-refractivity contribution >= 4 is 11.0 Å². The highest BCUT2D eigenvalue weighted by Crippen LogP contribution is 2.23. The van der Waals surface area contributed by atoms with Gasteiger partial charge in [-0.3, -0.25) is 9.89 Å². The molecule has 0 fully saturated rings. The molecule has 0 saturated heterocycles. The number of aromatic nitrogens is 4. The quantitative estimate of drug-likeness (QED) is 0.560. The van der Waals surface area contributed by atoms with Gasteiger partial charge < -0.3 is 9.72 Å². The number of fused-ring (bicyclic) bond motifs is 1. The molecule has 2 aromatic heterocycles. The number of hydrogen-bond donors (Lipinski definition) is 2. The Balaban J connectivity index is 1.63. The number of rotatable bonds is 5. The zero-order chi connectivity index (χ0) is 18.8. The van der Waals surface area contributed by atoms with E-state index in [9.17, 15) is 4.79 Å². The summed E-state index contributed by atoms with van der Waals surface area (Å²) in [6.45, 7) is 4.06. The Morgan fingerprint density at radius 3 is 2.59 bits per heavy atom. The maximum atomic E-state index is 12.3. The van der Waals surface area contributed by atoms with Gasteiger partial charge in [0.25, 0.3) is 5.56 Å². The number of nitrogens with zero attached hydrogens (tertiary/aromatic N) is 2. The molecule has 0 aliphatic heterocycles. The summed E-state index contributed by atoms with van der Waals surface area (Å²) in [4.78, 5) is 19.8. The Bertz CT molecular complexity index is 1130. The lowest BCUT2D eigenvalue weighted by Gasteiger charge is -2.08. The summed E-state index contributed by atoms with van der Waals surface area (Å²) in [6.07, 6.45) is 0.500. The molecule has 4 rings (SSSR count). The maximum Gasteiger partial charge on any atom is 0.276 e. The Kier molecular flexibility index (Phi) is 4.46. The van der Waals surface area contributed by atoms with Crippen LogP contribution in [0.15, 0.2) is 59.4 Å². The normalized spacial score (nSPS) is 11.2. The Morgan fingerprint density at radius 1 is 1.04 bits per heavy atom. The molecule has 0 aliphatic carbocycles. The van der Waals surface area contributed by atoms with Crippen LogP contribution in [0.3, 0.4) is 0 Å². The molecule has 0 unspecified atom stereocenters. The van der Waals surface area contributed by atoms with Crippen molar-refractivity contribution in [3.63, 3.8) is 0 Å². The van der Waals surface area contributed by atoms with Crippen molar-refractivity contribution < 1.29 is 4.74 Å². The standard InChI is InChI=1S/C21H20N4O2/c1-13(2)18-19-20(25-24-18)21(26)23-17(22-19)12-14-7-6-10-16(11-14)27-15-8-4-3-5-9-15/h3-11,13H,12H2,1-2H3,(H,24,25)(H,22,23,26). The van der Waals surface area contributed by atoms with Gasteiger partial charge in [-0.15, -0.1) is 0 Å². The number of H-pyrrole nitrogens is 2. The van der Waals surface area contributed by atoms with Crippen LogP contribution in [0.4, 0.5) is 0 Å². The average Bonchev–Trinajstić information content (AvgIpc) is 3.08. The second-order valence-corrected chi connectivity index (χ2v) is 6.74. The first kappa shape index (κ1) is 17.0. The number of nitrogens with one attached hydrogen (secondary N) is 2. The fourth-order valence-electron chi connectivity index (χ4n) is 3.00. The lowest BCUT2D eigenvalue weighted by atomic mass is 10.1. The van der Waals surface area contributed by atoms with Crippen LogP contribution in [0.5, 0.6) is 11.5 Å². The molecule has 0 atom stereocenters. The van der Waals surface area contributed by atoms with Gasteiger partial charge in [-0.1, -0.05) is 44.2 Å². The van der Waals surface area contributed by atoms with Crippen LogP contribution in [0.1, 0.15) is 36.8 Å². The SMILES string of the molecule is CC(C)c1n[nH]c2c(=O)[nH]c(Cc3cccc(Oc4ccccc4)c3)nc12. The summed E-state index contributed by atoms with van der Waals surface area (Å²) in [5.41, 5.74) is 2.66. The van der Waals surface area contributed by atoms with E-state index in [1.54, 1.807) is 0 Å². The molecule has 0 spiro atoms. The molecule has 0 aliphatic rings. The molecule has 2 heterocycles. The highest BCUT2D eigenvalue weighted by molar-refractivity contribution is 5.76.